The van der Waals surface area contributed by atoms with Gasteiger partial charge in [0, 0.05) is 12.1 Å². The van der Waals surface area contributed by atoms with Crippen molar-refractivity contribution in [2.24, 2.45) is 0 Å². The number of hydrogen-bond acceptors (Lipinski definition) is 5. The summed E-state index contributed by atoms with van der Waals surface area (Å²) in [5.41, 5.74) is 0. The van der Waals surface area contributed by atoms with Gasteiger partial charge in [-0.05, 0) is 18.9 Å². The van der Waals surface area contributed by atoms with Crippen LogP contribution in [-0.2, 0) is 9.84 Å². The molecule has 17 heavy (non-hydrogen) atoms. The molecule has 0 bridgehead atoms. The second-order valence-electron chi connectivity index (χ2n) is 4.07. The molecule has 1 aliphatic heterocycles. The molecule has 1 fully saturated rings. The van der Waals surface area contributed by atoms with E-state index in [1.54, 1.807) is 0 Å². The molecule has 2 heterocycles. The summed E-state index contributed by atoms with van der Waals surface area (Å²) >= 11 is 0. The number of sulfone groups is 1. The highest BCUT2D eigenvalue weighted by Gasteiger charge is 2.25. The van der Waals surface area contributed by atoms with Gasteiger partial charge in [-0.1, -0.05) is 0 Å². The van der Waals surface area contributed by atoms with Gasteiger partial charge in [0.2, 0.25) is 5.76 Å². The van der Waals surface area contributed by atoms with Crippen molar-refractivity contribution in [1.29, 1.82) is 0 Å². The summed E-state index contributed by atoms with van der Waals surface area (Å²) in [7, 11) is -2.98. The van der Waals surface area contributed by atoms with Crippen LogP contribution in [0.15, 0.2) is 16.5 Å². The summed E-state index contributed by atoms with van der Waals surface area (Å²) in [5, 5.41) is 11.6. The molecule has 0 radical (unpaired) electrons. The fraction of sp³-hybridized carbons (Fsp3) is 0.500. The van der Waals surface area contributed by atoms with Gasteiger partial charge in [0.05, 0.1) is 11.5 Å². The van der Waals surface area contributed by atoms with Gasteiger partial charge in [0.15, 0.2) is 15.7 Å². The maximum atomic E-state index is 11.4. The Kier molecular flexibility index (Phi) is 3.10. The first-order chi connectivity index (χ1) is 7.96. The first kappa shape index (κ1) is 12.0. The molecule has 1 saturated heterocycles. The van der Waals surface area contributed by atoms with E-state index in [0.717, 1.165) is 6.42 Å². The van der Waals surface area contributed by atoms with Crippen molar-refractivity contribution >= 4 is 21.7 Å². The van der Waals surface area contributed by atoms with Crippen molar-refractivity contribution in [3.63, 3.8) is 0 Å². The van der Waals surface area contributed by atoms with Gasteiger partial charge in [-0.15, -0.1) is 0 Å². The zero-order valence-electron chi connectivity index (χ0n) is 9.05. The minimum Gasteiger partial charge on any atom is -0.475 e. The van der Waals surface area contributed by atoms with E-state index in [4.69, 9.17) is 9.52 Å². The highest BCUT2D eigenvalue weighted by atomic mass is 32.2. The Morgan fingerprint density at radius 2 is 2.24 bits per heavy atom. The van der Waals surface area contributed by atoms with Gasteiger partial charge in [-0.3, -0.25) is 0 Å². The largest absolute Gasteiger partial charge is 0.475 e. The molecule has 0 aliphatic carbocycles. The first-order valence-electron chi connectivity index (χ1n) is 5.26. The number of anilines is 1. The van der Waals surface area contributed by atoms with Crippen LogP contribution in [-0.4, -0.2) is 37.0 Å². The van der Waals surface area contributed by atoms with E-state index in [9.17, 15) is 13.2 Å². The van der Waals surface area contributed by atoms with E-state index in [1.807, 2.05) is 0 Å². The molecule has 0 saturated carbocycles. The Labute approximate surface area is 98.5 Å². The fourth-order valence-electron chi connectivity index (χ4n) is 1.87. The highest BCUT2D eigenvalue weighted by Crippen LogP contribution is 2.19. The van der Waals surface area contributed by atoms with Crippen LogP contribution >= 0.6 is 0 Å². The quantitative estimate of drug-likeness (QED) is 0.839. The number of hydrogen-bond donors (Lipinski definition) is 2. The number of nitrogens with one attached hydrogen (secondary N) is 1. The van der Waals surface area contributed by atoms with Gasteiger partial charge >= 0.3 is 5.97 Å². The second-order valence-corrected chi connectivity index (χ2v) is 6.30. The number of aromatic carboxylic acids is 1. The van der Waals surface area contributed by atoms with E-state index in [0.29, 0.717) is 12.3 Å². The zero-order chi connectivity index (χ0) is 12.5. The summed E-state index contributed by atoms with van der Waals surface area (Å²) < 4.78 is 27.8. The number of carboxylic acid groups (broad SMARTS) is 1. The summed E-state index contributed by atoms with van der Waals surface area (Å²) in [5.74, 6) is -0.718. The van der Waals surface area contributed by atoms with E-state index >= 15 is 0 Å². The number of carbonyl (C=O) groups is 1. The van der Waals surface area contributed by atoms with Crippen LogP contribution in [0.2, 0.25) is 0 Å². The number of carboxylic acids is 1. The van der Waals surface area contributed by atoms with Crippen LogP contribution in [0, 0.1) is 0 Å². The highest BCUT2D eigenvalue weighted by molar-refractivity contribution is 7.91. The van der Waals surface area contributed by atoms with Crippen LogP contribution < -0.4 is 5.32 Å². The minimum absolute atomic E-state index is 0.0656. The average Bonchev–Trinajstić information content (AvgIpc) is 2.64. The van der Waals surface area contributed by atoms with Crippen molar-refractivity contribution in [1.82, 2.24) is 0 Å². The third kappa shape index (κ3) is 3.00. The lowest BCUT2D eigenvalue weighted by molar-refractivity contribution is 0.0663. The molecular formula is C10H13NO5S. The van der Waals surface area contributed by atoms with Gasteiger partial charge in [0.1, 0.15) is 0 Å². The van der Waals surface area contributed by atoms with Crippen molar-refractivity contribution in [3.8, 4) is 0 Å². The Balaban J connectivity index is 2.03. The van der Waals surface area contributed by atoms with Crippen LogP contribution in [0.5, 0.6) is 0 Å². The molecule has 2 N–H and O–H groups in total. The zero-order valence-corrected chi connectivity index (χ0v) is 9.87. The summed E-state index contributed by atoms with van der Waals surface area (Å²) in [6.07, 6.45) is 1.36. The molecule has 94 valence electrons. The summed E-state index contributed by atoms with van der Waals surface area (Å²) in [4.78, 5) is 10.6. The Morgan fingerprint density at radius 1 is 1.47 bits per heavy atom. The normalized spacial score (nSPS) is 23.2. The Hall–Kier alpha value is -1.50. The topological polar surface area (TPSA) is 96.6 Å². The molecule has 1 aromatic heterocycles. The molecule has 6 nitrogen and oxygen atoms in total. The third-order valence-corrected chi connectivity index (χ3v) is 4.45. The van der Waals surface area contributed by atoms with Crippen molar-refractivity contribution < 1.29 is 22.7 Å². The molecule has 1 atom stereocenters. The lowest BCUT2D eigenvalue weighted by Gasteiger charge is -2.22. The lowest BCUT2D eigenvalue weighted by atomic mass is 10.2. The molecule has 0 aromatic carbocycles. The van der Waals surface area contributed by atoms with Crippen molar-refractivity contribution in [2.45, 2.75) is 18.9 Å². The molecule has 2 rings (SSSR count). The minimum atomic E-state index is -2.98. The standard InChI is InChI=1S/C10H13NO5S/c12-10(13)8-3-4-9(16-8)11-7-2-1-5-17(14,15)6-7/h3-4,7,11H,1-2,5-6H2,(H,12,13). The molecule has 7 heteroatoms. The SMILES string of the molecule is O=C(O)c1ccc(NC2CCCS(=O)(=O)C2)o1. The fourth-order valence-corrected chi connectivity index (χ4v) is 3.50. The number of furan rings is 1. The first-order valence-corrected chi connectivity index (χ1v) is 7.08. The molecule has 1 aliphatic rings. The van der Waals surface area contributed by atoms with Crippen molar-refractivity contribution in [3.05, 3.63) is 17.9 Å². The summed E-state index contributed by atoms with van der Waals surface area (Å²) in [6, 6.07) is 2.62. The Morgan fingerprint density at radius 3 is 2.82 bits per heavy atom. The van der Waals surface area contributed by atoms with Crippen molar-refractivity contribution in [2.75, 3.05) is 16.8 Å². The third-order valence-electron chi connectivity index (χ3n) is 2.63. The average molecular weight is 259 g/mol. The van der Waals surface area contributed by atoms with Crippen LogP contribution in [0.3, 0.4) is 0 Å². The van der Waals surface area contributed by atoms with E-state index in [2.05, 4.69) is 5.32 Å². The predicted octanol–water partition coefficient (Wildman–Crippen LogP) is 0.967. The summed E-state index contributed by atoms with van der Waals surface area (Å²) in [6.45, 7) is 0. The lowest BCUT2D eigenvalue weighted by Crippen LogP contribution is -2.34. The van der Waals surface area contributed by atoms with Gasteiger partial charge in [0.25, 0.3) is 0 Å². The van der Waals surface area contributed by atoms with Crippen LogP contribution in [0.25, 0.3) is 0 Å². The molecular weight excluding hydrogens is 246 g/mol. The maximum absolute atomic E-state index is 11.4. The Bertz CT molecular complexity index is 519. The van der Waals surface area contributed by atoms with Gasteiger partial charge in [-0.25, -0.2) is 13.2 Å². The maximum Gasteiger partial charge on any atom is 0.371 e. The van der Waals surface area contributed by atoms with E-state index < -0.39 is 15.8 Å². The van der Waals surface area contributed by atoms with E-state index in [1.165, 1.54) is 12.1 Å². The second kappa shape index (κ2) is 4.40. The van der Waals surface area contributed by atoms with Gasteiger partial charge < -0.3 is 14.8 Å². The molecule has 1 unspecified atom stereocenters. The smallest absolute Gasteiger partial charge is 0.371 e. The van der Waals surface area contributed by atoms with Crippen LogP contribution in [0.1, 0.15) is 23.4 Å². The molecule has 0 spiro atoms. The van der Waals surface area contributed by atoms with Crippen LogP contribution in [0.4, 0.5) is 5.88 Å². The molecule has 0 amide bonds. The van der Waals surface area contributed by atoms with E-state index in [-0.39, 0.29) is 23.3 Å². The predicted molar refractivity (Wildman–Crippen MR) is 61.0 cm³/mol. The van der Waals surface area contributed by atoms with Gasteiger partial charge in [-0.2, -0.15) is 0 Å². The molecule has 1 aromatic rings. The number of rotatable bonds is 3. The monoisotopic (exact) mass is 259 g/mol.